The van der Waals surface area contributed by atoms with Gasteiger partial charge in [-0.3, -0.25) is 4.98 Å². The van der Waals surface area contributed by atoms with Crippen LogP contribution < -0.4 is 10.1 Å². The van der Waals surface area contributed by atoms with Crippen LogP contribution in [0.4, 0.5) is 4.79 Å². The Labute approximate surface area is 143 Å². The van der Waals surface area contributed by atoms with Gasteiger partial charge in [-0.1, -0.05) is 0 Å². The molecule has 132 valence electrons. The van der Waals surface area contributed by atoms with E-state index in [1.807, 2.05) is 26.8 Å². The molecule has 2 aliphatic rings. The molecule has 6 heteroatoms. The van der Waals surface area contributed by atoms with Crippen molar-refractivity contribution in [3.63, 3.8) is 0 Å². The number of pyridine rings is 1. The molecule has 2 aliphatic heterocycles. The SMILES string of the molecule is CC(C)(C)OC(=O)N1CCc2nccc(OC3CCNCC3)c2C1. The minimum absolute atomic E-state index is 0.231. The first-order valence-electron chi connectivity index (χ1n) is 8.74. The Morgan fingerprint density at radius 3 is 2.79 bits per heavy atom. The van der Waals surface area contributed by atoms with Gasteiger partial charge in [-0.25, -0.2) is 4.79 Å². The van der Waals surface area contributed by atoms with E-state index in [2.05, 4.69) is 10.3 Å². The van der Waals surface area contributed by atoms with Crippen molar-refractivity contribution in [2.24, 2.45) is 0 Å². The fraction of sp³-hybridized carbons (Fsp3) is 0.667. The molecule has 3 heterocycles. The van der Waals surface area contributed by atoms with Crippen LogP contribution in [0.1, 0.15) is 44.9 Å². The van der Waals surface area contributed by atoms with Crippen LogP contribution in [0.25, 0.3) is 0 Å². The molecule has 0 aliphatic carbocycles. The highest BCUT2D eigenvalue weighted by atomic mass is 16.6. The summed E-state index contributed by atoms with van der Waals surface area (Å²) in [6.45, 7) is 8.76. The molecule has 24 heavy (non-hydrogen) atoms. The lowest BCUT2D eigenvalue weighted by Gasteiger charge is -2.32. The maximum absolute atomic E-state index is 12.4. The van der Waals surface area contributed by atoms with Crippen molar-refractivity contribution < 1.29 is 14.3 Å². The number of carbonyl (C=O) groups is 1. The molecule has 1 aromatic heterocycles. The maximum Gasteiger partial charge on any atom is 0.410 e. The number of carbonyl (C=O) groups excluding carboxylic acids is 1. The van der Waals surface area contributed by atoms with Crippen LogP contribution in [0.3, 0.4) is 0 Å². The minimum atomic E-state index is -0.485. The highest BCUT2D eigenvalue weighted by Gasteiger charge is 2.28. The second-order valence-corrected chi connectivity index (χ2v) is 7.45. The van der Waals surface area contributed by atoms with Crippen molar-refractivity contribution >= 4 is 6.09 Å². The van der Waals surface area contributed by atoms with E-state index in [1.165, 1.54) is 0 Å². The third-order valence-corrected chi connectivity index (χ3v) is 4.30. The van der Waals surface area contributed by atoms with Crippen LogP contribution >= 0.6 is 0 Å². The van der Waals surface area contributed by atoms with Gasteiger partial charge in [0.15, 0.2) is 0 Å². The molecular formula is C18H27N3O3. The van der Waals surface area contributed by atoms with Crippen LogP contribution in [0.5, 0.6) is 5.75 Å². The molecule has 0 radical (unpaired) electrons. The van der Waals surface area contributed by atoms with Crippen molar-refractivity contribution in [1.82, 2.24) is 15.2 Å². The largest absolute Gasteiger partial charge is 0.490 e. The van der Waals surface area contributed by atoms with Crippen molar-refractivity contribution in [1.29, 1.82) is 0 Å². The van der Waals surface area contributed by atoms with E-state index >= 15 is 0 Å². The average Bonchev–Trinajstić information content (AvgIpc) is 2.54. The number of amides is 1. The number of hydrogen-bond donors (Lipinski definition) is 1. The van der Waals surface area contributed by atoms with Gasteiger partial charge in [-0.2, -0.15) is 0 Å². The number of ether oxygens (including phenoxy) is 2. The van der Waals surface area contributed by atoms with Crippen LogP contribution in [-0.4, -0.2) is 47.3 Å². The summed E-state index contributed by atoms with van der Waals surface area (Å²) >= 11 is 0. The van der Waals surface area contributed by atoms with E-state index in [9.17, 15) is 4.79 Å². The lowest BCUT2D eigenvalue weighted by Crippen LogP contribution is -2.40. The molecule has 1 aromatic rings. The normalized spacial score (nSPS) is 18.9. The second-order valence-electron chi connectivity index (χ2n) is 7.45. The Morgan fingerprint density at radius 2 is 2.08 bits per heavy atom. The fourth-order valence-electron chi connectivity index (χ4n) is 3.10. The van der Waals surface area contributed by atoms with Crippen molar-refractivity contribution in [2.45, 2.75) is 58.3 Å². The Hall–Kier alpha value is -1.82. The Balaban J connectivity index is 1.73. The van der Waals surface area contributed by atoms with E-state index in [0.717, 1.165) is 49.4 Å². The highest BCUT2D eigenvalue weighted by molar-refractivity contribution is 5.68. The molecule has 0 saturated carbocycles. The zero-order chi connectivity index (χ0) is 17.2. The fourth-order valence-corrected chi connectivity index (χ4v) is 3.10. The third-order valence-electron chi connectivity index (χ3n) is 4.30. The monoisotopic (exact) mass is 333 g/mol. The number of piperidine rings is 1. The number of fused-ring (bicyclic) bond motifs is 1. The van der Waals surface area contributed by atoms with Crippen LogP contribution in [0.15, 0.2) is 12.3 Å². The van der Waals surface area contributed by atoms with Gasteiger partial charge in [-0.15, -0.1) is 0 Å². The van der Waals surface area contributed by atoms with E-state index in [0.29, 0.717) is 13.1 Å². The Morgan fingerprint density at radius 1 is 1.33 bits per heavy atom. The Bertz CT molecular complexity index is 592. The number of aromatic nitrogens is 1. The smallest absolute Gasteiger partial charge is 0.410 e. The summed E-state index contributed by atoms with van der Waals surface area (Å²) in [5.41, 5.74) is 1.56. The summed E-state index contributed by atoms with van der Waals surface area (Å²) < 4.78 is 11.7. The van der Waals surface area contributed by atoms with Crippen LogP contribution in [0, 0.1) is 0 Å². The van der Waals surface area contributed by atoms with Gasteiger partial charge in [-0.05, 0) is 52.8 Å². The number of nitrogens with one attached hydrogen (secondary N) is 1. The summed E-state index contributed by atoms with van der Waals surface area (Å²) in [5.74, 6) is 0.861. The lowest BCUT2D eigenvalue weighted by molar-refractivity contribution is 0.0219. The topological polar surface area (TPSA) is 63.7 Å². The first-order valence-corrected chi connectivity index (χ1v) is 8.74. The van der Waals surface area contributed by atoms with Gasteiger partial charge in [0.2, 0.25) is 0 Å². The molecule has 0 aromatic carbocycles. The molecule has 1 amide bonds. The molecule has 3 rings (SSSR count). The molecule has 0 unspecified atom stereocenters. The molecule has 0 atom stereocenters. The lowest BCUT2D eigenvalue weighted by atomic mass is 10.0. The average molecular weight is 333 g/mol. The summed E-state index contributed by atoms with van der Waals surface area (Å²) in [5, 5.41) is 3.34. The first-order chi connectivity index (χ1) is 11.4. The molecular weight excluding hydrogens is 306 g/mol. The van der Waals surface area contributed by atoms with Gasteiger partial charge in [0.25, 0.3) is 0 Å². The summed E-state index contributed by atoms with van der Waals surface area (Å²) in [6, 6.07) is 1.92. The van der Waals surface area contributed by atoms with Gasteiger partial charge in [0.1, 0.15) is 17.5 Å². The number of nitrogens with zero attached hydrogens (tertiary/aromatic N) is 2. The van der Waals surface area contributed by atoms with E-state index in [-0.39, 0.29) is 12.2 Å². The number of rotatable bonds is 2. The molecule has 1 saturated heterocycles. The van der Waals surface area contributed by atoms with Gasteiger partial charge < -0.3 is 19.7 Å². The standard InChI is InChI=1S/C18H27N3O3/c1-18(2,3)24-17(22)21-11-7-15-14(12-21)16(6-10-20-15)23-13-4-8-19-9-5-13/h6,10,13,19H,4-5,7-9,11-12H2,1-3H3. The zero-order valence-corrected chi connectivity index (χ0v) is 14.8. The van der Waals surface area contributed by atoms with E-state index in [1.54, 1.807) is 11.1 Å². The van der Waals surface area contributed by atoms with E-state index in [4.69, 9.17) is 9.47 Å². The van der Waals surface area contributed by atoms with Gasteiger partial charge >= 0.3 is 6.09 Å². The predicted molar refractivity (Wildman–Crippen MR) is 91.1 cm³/mol. The summed E-state index contributed by atoms with van der Waals surface area (Å²) in [7, 11) is 0. The van der Waals surface area contributed by atoms with Crippen molar-refractivity contribution in [3.8, 4) is 5.75 Å². The molecule has 0 spiro atoms. The quantitative estimate of drug-likeness (QED) is 0.901. The van der Waals surface area contributed by atoms with E-state index < -0.39 is 5.60 Å². The third kappa shape index (κ3) is 4.17. The summed E-state index contributed by atoms with van der Waals surface area (Å²) in [6.07, 6.45) is 4.51. The molecule has 1 N–H and O–H groups in total. The molecule has 1 fully saturated rings. The van der Waals surface area contributed by atoms with Crippen LogP contribution in [0.2, 0.25) is 0 Å². The van der Waals surface area contributed by atoms with Gasteiger partial charge in [0.05, 0.1) is 12.2 Å². The second kappa shape index (κ2) is 6.97. The van der Waals surface area contributed by atoms with Crippen LogP contribution in [-0.2, 0) is 17.7 Å². The van der Waals surface area contributed by atoms with Crippen molar-refractivity contribution in [3.05, 3.63) is 23.5 Å². The maximum atomic E-state index is 12.4. The molecule has 0 bridgehead atoms. The molecule has 6 nitrogen and oxygen atoms in total. The van der Waals surface area contributed by atoms with Gasteiger partial charge in [0, 0.05) is 24.7 Å². The first kappa shape index (κ1) is 17.0. The minimum Gasteiger partial charge on any atom is -0.490 e. The Kier molecular flexibility index (Phi) is 4.94. The highest BCUT2D eigenvalue weighted by Crippen LogP contribution is 2.29. The summed E-state index contributed by atoms with van der Waals surface area (Å²) in [4.78, 5) is 18.6. The number of hydrogen-bond acceptors (Lipinski definition) is 5. The predicted octanol–water partition coefficient (Wildman–Crippen LogP) is 2.51. The van der Waals surface area contributed by atoms with Crippen molar-refractivity contribution in [2.75, 3.05) is 19.6 Å². The zero-order valence-electron chi connectivity index (χ0n) is 14.8.